The Morgan fingerprint density at radius 2 is 1.44 bits per heavy atom. The van der Waals surface area contributed by atoms with Crippen LogP contribution in [0.2, 0.25) is 0 Å². The minimum atomic E-state index is -4.77. The van der Waals surface area contributed by atoms with E-state index in [0.717, 1.165) is 15.4 Å². The third-order valence-corrected chi connectivity index (χ3v) is 9.86. The molecule has 0 radical (unpaired) electrons. The molecule has 0 saturated carbocycles. The first-order chi connectivity index (χ1) is 18.7. The van der Waals surface area contributed by atoms with Crippen LogP contribution >= 0.6 is 30.4 Å². The summed E-state index contributed by atoms with van der Waals surface area (Å²) in [6.45, 7) is 5.76. The predicted octanol–water partition coefficient (Wildman–Crippen LogP) is 2.87. The van der Waals surface area contributed by atoms with Crippen molar-refractivity contribution in [2.24, 2.45) is 0 Å². The highest BCUT2D eigenvalue weighted by molar-refractivity contribution is 7.53. The van der Waals surface area contributed by atoms with Gasteiger partial charge in [-0.15, -0.1) is 0 Å². The van der Waals surface area contributed by atoms with Gasteiger partial charge in [0, 0.05) is 18.6 Å². The first kappa shape index (κ1) is 38.3. The summed E-state index contributed by atoms with van der Waals surface area (Å²) >= 11 is 0. The van der Waals surface area contributed by atoms with Crippen molar-refractivity contribution >= 4 is 36.5 Å². The largest absolute Gasteiger partial charge is 0.491 e. The van der Waals surface area contributed by atoms with Crippen LogP contribution in [-0.2, 0) is 22.8 Å². The van der Waals surface area contributed by atoms with Crippen LogP contribution in [0.5, 0.6) is 5.75 Å². The van der Waals surface area contributed by atoms with Crippen molar-refractivity contribution in [2.45, 2.75) is 38.6 Å². The Kier molecular flexibility index (Phi) is 15.3. The monoisotopic (exact) mass is 666 g/mol. The van der Waals surface area contributed by atoms with Crippen LogP contribution in [-0.4, -0.2) is 101 Å². The van der Waals surface area contributed by atoms with Gasteiger partial charge in [-0.3, -0.25) is 28.1 Å². The number of hydrogen-bond acceptors (Lipinski definition) is 8. The lowest BCUT2D eigenvalue weighted by Crippen LogP contribution is -2.52. The summed E-state index contributed by atoms with van der Waals surface area (Å²) in [6.07, 6.45) is -0.523. The van der Waals surface area contributed by atoms with Crippen LogP contribution in [0.15, 0.2) is 30.8 Å². The third-order valence-electron chi connectivity index (χ3n) is 5.94. The zero-order chi connectivity index (χ0) is 31.5. The van der Waals surface area contributed by atoms with Gasteiger partial charge in [-0.25, -0.2) is 0 Å². The molecule has 2 atom stereocenters. The summed E-state index contributed by atoms with van der Waals surface area (Å²) in [5, 5.41) is 0. The third kappa shape index (κ3) is 17.2. The average Bonchev–Trinajstić information content (AvgIpc) is 2.80. The molecule has 238 valence electrons. The van der Waals surface area contributed by atoms with Crippen molar-refractivity contribution in [2.75, 3.05) is 51.3 Å². The Morgan fingerprint density at radius 1 is 0.854 bits per heavy atom. The van der Waals surface area contributed by atoms with E-state index >= 15 is 0 Å². The quantitative estimate of drug-likeness (QED) is 0.0738. The molecular weight excluding hydrogens is 624 g/mol. The van der Waals surface area contributed by atoms with Crippen LogP contribution in [0.4, 0.5) is 0 Å². The van der Waals surface area contributed by atoms with Crippen molar-refractivity contribution in [1.29, 1.82) is 0 Å². The summed E-state index contributed by atoms with van der Waals surface area (Å²) in [4.78, 5) is 70.1. The molecule has 0 heterocycles. The van der Waals surface area contributed by atoms with E-state index in [-0.39, 0.29) is 32.7 Å². The second-order valence-corrected chi connectivity index (χ2v) is 16.6. The molecule has 1 aromatic rings. The van der Waals surface area contributed by atoms with E-state index in [4.69, 9.17) is 9.26 Å². The standard InChI is InChI=1S/C22H42N2O13P4/c1-4-6-11-22(3,16-38(25,26)27)24(19-40(31,32)33)13-12-23(17-39(28,29)30)18-41(34,35)37-15-14-36-21-9-7-20(5-2)8-10-21/h5,7-10H,2,4,6,11-19H2,1,3H3,(H,34,35)(H2,25,26,27)(H2,28,29,30)(H2,31,32,33). The minimum absolute atomic E-state index is 0.106. The van der Waals surface area contributed by atoms with Gasteiger partial charge in [0.15, 0.2) is 0 Å². The number of rotatable bonds is 21. The van der Waals surface area contributed by atoms with E-state index in [2.05, 4.69) is 6.58 Å². The summed E-state index contributed by atoms with van der Waals surface area (Å²) in [7, 11) is -18.6. The second kappa shape index (κ2) is 16.4. The van der Waals surface area contributed by atoms with Crippen LogP contribution in [0, 0.1) is 0 Å². The molecule has 0 aliphatic carbocycles. The van der Waals surface area contributed by atoms with Crippen molar-refractivity contribution < 1.29 is 61.8 Å². The van der Waals surface area contributed by atoms with E-state index in [1.807, 2.05) is 6.92 Å². The van der Waals surface area contributed by atoms with Gasteiger partial charge in [0.2, 0.25) is 0 Å². The van der Waals surface area contributed by atoms with Gasteiger partial charge in [0.05, 0.1) is 12.8 Å². The highest BCUT2D eigenvalue weighted by atomic mass is 31.2. The zero-order valence-corrected chi connectivity index (χ0v) is 26.7. The Balaban J connectivity index is 3.01. The fourth-order valence-corrected chi connectivity index (χ4v) is 8.40. The van der Waals surface area contributed by atoms with Gasteiger partial charge in [-0.2, -0.15) is 0 Å². The molecule has 7 N–H and O–H groups in total. The molecule has 15 nitrogen and oxygen atoms in total. The molecule has 1 rings (SSSR count). The van der Waals surface area contributed by atoms with Gasteiger partial charge >= 0.3 is 30.4 Å². The van der Waals surface area contributed by atoms with E-state index < -0.39 is 60.9 Å². The zero-order valence-electron chi connectivity index (χ0n) is 23.1. The summed E-state index contributed by atoms with van der Waals surface area (Å²) < 4.78 is 58.8. The topological polar surface area (TPSA) is 235 Å². The molecule has 0 aliphatic rings. The molecule has 0 saturated heterocycles. The Hall–Kier alpha value is -0.720. The van der Waals surface area contributed by atoms with E-state index in [1.54, 1.807) is 30.3 Å². The van der Waals surface area contributed by atoms with Crippen LogP contribution in [0.3, 0.4) is 0 Å². The molecule has 41 heavy (non-hydrogen) atoms. The Bertz CT molecular complexity index is 1150. The number of nitrogens with zero attached hydrogens (tertiary/aromatic N) is 2. The molecule has 2 unspecified atom stereocenters. The van der Waals surface area contributed by atoms with Gasteiger partial charge in [-0.05, 0) is 31.0 Å². The molecule has 0 aliphatic heterocycles. The summed E-state index contributed by atoms with van der Waals surface area (Å²) in [5.74, 6) is 0.474. The van der Waals surface area contributed by atoms with Gasteiger partial charge in [0.25, 0.3) is 0 Å². The Labute approximate surface area is 240 Å². The van der Waals surface area contributed by atoms with E-state index in [9.17, 15) is 52.5 Å². The highest BCUT2D eigenvalue weighted by Crippen LogP contribution is 2.47. The molecule has 0 aromatic heterocycles. The maximum atomic E-state index is 12.7. The SMILES string of the molecule is C=Cc1ccc(OCCOP(=O)(O)CN(CCN(CP(=O)(O)O)C(C)(CCCC)CP(=O)(O)O)CP(=O)(O)O)cc1. The van der Waals surface area contributed by atoms with Crippen molar-refractivity contribution in [3.63, 3.8) is 0 Å². The van der Waals surface area contributed by atoms with Gasteiger partial charge in [-0.1, -0.05) is 44.6 Å². The first-order valence-electron chi connectivity index (χ1n) is 12.6. The van der Waals surface area contributed by atoms with E-state index in [1.165, 1.54) is 6.92 Å². The molecule has 0 amide bonds. The average molecular weight is 666 g/mol. The smallest absolute Gasteiger partial charge is 0.342 e. The number of benzene rings is 1. The fourth-order valence-electron chi connectivity index (χ4n) is 4.11. The van der Waals surface area contributed by atoms with Crippen molar-refractivity contribution in [3.05, 3.63) is 36.4 Å². The molecule has 1 aromatic carbocycles. The van der Waals surface area contributed by atoms with Crippen molar-refractivity contribution in [3.8, 4) is 5.75 Å². The summed E-state index contributed by atoms with van der Waals surface area (Å²) in [5.41, 5.74) is -0.532. The lowest BCUT2D eigenvalue weighted by Gasteiger charge is -2.42. The summed E-state index contributed by atoms with van der Waals surface area (Å²) in [6, 6.07) is 6.84. The van der Waals surface area contributed by atoms with E-state index in [0.29, 0.717) is 18.6 Å². The lowest BCUT2D eigenvalue weighted by atomic mass is 9.95. The van der Waals surface area contributed by atoms with Gasteiger partial charge < -0.3 is 43.5 Å². The normalized spacial score (nSPS) is 16.0. The predicted molar refractivity (Wildman–Crippen MR) is 155 cm³/mol. The molecule has 0 fully saturated rings. The first-order valence-corrected chi connectivity index (χ1v) is 19.8. The Morgan fingerprint density at radius 3 is 1.93 bits per heavy atom. The highest BCUT2D eigenvalue weighted by Gasteiger charge is 2.40. The van der Waals surface area contributed by atoms with Gasteiger partial charge in [0.1, 0.15) is 31.2 Å². The van der Waals surface area contributed by atoms with Crippen molar-refractivity contribution in [1.82, 2.24) is 9.80 Å². The molecule has 0 spiro atoms. The lowest BCUT2D eigenvalue weighted by molar-refractivity contribution is 0.105. The fraction of sp³-hybridized carbons (Fsp3) is 0.636. The van der Waals surface area contributed by atoms with Crippen LogP contribution in [0.25, 0.3) is 6.08 Å². The number of hydrogen-bond donors (Lipinski definition) is 7. The minimum Gasteiger partial charge on any atom is -0.491 e. The maximum absolute atomic E-state index is 12.7. The molecule has 0 bridgehead atoms. The number of unbranched alkanes of at least 4 members (excludes halogenated alkanes) is 1. The molecular formula is C22H42N2O13P4. The van der Waals surface area contributed by atoms with Crippen LogP contribution < -0.4 is 4.74 Å². The van der Waals surface area contributed by atoms with Crippen LogP contribution in [0.1, 0.15) is 38.7 Å². The second-order valence-electron chi connectivity index (χ2n) is 9.93. The maximum Gasteiger partial charge on any atom is 0.342 e. The molecule has 19 heteroatoms. The number of ether oxygens (including phenoxy) is 1.